The summed E-state index contributed by atoms with van der Waals surface area (Å²) in [5, 5.41) is 4.71. The second kappa shape index (κ2) is 7.60. The predicted octanol–water partition coefficient (Wildman–Crippen LogP) is 3.17. The normalized spacial score (nSPS) is 12.5. The molecule has 1 aromatic carbocycles. The minimum absolute atomic E-state index is 0.239. The van der Waals surface area contributed by atoms with Crippen LogP contribution in [0.4, 0.5) is 5.69 Å². The van der Waals surface area contributed by atoms with Gasteiger partial charge in [0.05, 0.1) is 0 Å². The molecule has 0 aliphatic heterocycles. The Labute approximate surface area is 136 Å². The zero-order chi connectivity index (χ0) is 16.7. The fourth-order valence-electron chi connectivity index (χ4n) is 1.94. The number of aromatic nitrogens is 1. The van der Waals surface area contributed by atoms with E-state index in [4.69, 9.17) is 0 Å². The van der Waals surface area contributed by atoms with E-state index in [1.807, 2.05) is 25.1 Å². The number of pyridine rings is 1. The van der Waals surface area contributed by atoms with Crippen LogP contribution in [0.5, 0.6) is 0 Å². The lowest BCUT2D eigenvalue weighted by molar-refractivity contribution is 0.597. The highest BCUT2D eigenvalue weighted by molar-refractivity contribution is 7.92. The van der Waals surface area contributed by atoms with Crippen LogP contribution in [0.2, 0.25) is 0 Å². The lowest BCUT2D eigenvalue weighted by atomic mass is 10.2. The van der Waals surface area contributed by atoms with Crippen LogP contribution in [0.25, 0.3) is 10.8 Å². The van der Waals surface area contributed by atoms with E-state index in [2.05, 4.69) is 21.6 Å². The van der Waals surface area contributed by atoms with E-state index >= 15 is 0 Å². The Bertz CT molecular complexity index is 855. The molecule has 0 saturated heterocycles. The molecule has 0 unspecified atom stereocenters. The highest BCUT2D eigenvalue weighted by atomic mass is 32.2. The van der Waals surface area contributed by atoms with E-state index in [-0.39, 0.29) is 5.88 Å². The Kier molecular flexibility index (Phi) is 5.54. The van der Waals surface area contributed by atoms with E-state index in [9.17, 15) is 8.42 Å². The van der Waals surface area contributed by atoms with Gasteiger partial charge in [-0.2, -0.15) is 0 Å². The monoisotopic (exact) mass is 329 g/mol. The molecule has 0 saturated carbocycles. The highest BCUT2D eigenvalue weighted by Crippen LogP contribution is 2.18. The van der Waals surface area contributed by atoms with Gasteiger partial charge in [-0.3, -0.25) is 9.71 Å². The predicted molar refractivity (Wildman–Crippen MR) is 95.4 cm³/mol. The number of nitrogens with one attached hydrogen (secondary N) is 2. The zero-order valence-electron chi connectivity index (χ0n) is 12.9. The third kappa shape index (κ3) is 4.96. The van der Waals surface area contributed by atoms with Crippen molar-refractivity contribution in [2.75, 3.05) is 10.6 Å². The fourth-order valence-corrected chi connectivity index (χ4v) is 2.85. The molecular weight excluding hydrogens is 310 g/mol. The van der Waals surface area contributed by atoms with Crippen molar-refractivity contribution in [1.82, 2.24) is 10.3 Å². The summed E-state index contributed by atoms with van der Waals surface area (Å²) in [5.74, 6) is -0.239. The number of hydrogen-bond acceptors (Lipinski definition) is 4. The molecule has 0 aliphatic rings. The van der Waals surface area contributed by atoms with Gasteiger partial charge >= 0.3 is 0 Å². The first-order valence-corrected chi connectivity index (χ1v) is 8.73. The van der Waals surface area contributed by atoms with Crippen LogP contribution in [0.3, 0.4) is 0 Å². The zero-order valence-corrected chi connectivity index (χ0v) is 13.7. The number of benzene rings is 1. The van der Waals surface area contributed by atoms with Gasteiger partial charge in [-0.25, -0.2) is 8.42 Å². The molecule has 120 valence electrons. The average Bonchev–Trinajstić information content (AvgIpc) is 2.54. The molecule has 0 fully saturated rings. The molecule has 2 N–H and O–H groups in total. The Morgan fingerprint density at radius 1 is 1.30 bits per heavy atom. The standard InChI is InChI=1S/C17H19N3O2S/c1-3-5-6-16(4-2)19-13-23(21,22)20-17-8-7-15-12-18-10-9-14(15)11-17/h3-12,19-20H,2,13H2,1H3/b5-3-,16-6+. The van der Waals surface area contributed by atoms with Gasteiger partial charge in [-0.15, -0.1) is 0 Å². The van der Waals surface area contributed by atoms with Gasteiger partial charge in [0.25, 0.3) is 10.0 Å². The largest absolute Gasteiger partial charge is 0.370 e. The molecule has 2 rings (SSSR count). The minimum atomic E-state index is -3.52. The summed E-state index contributed by atoms with van der Waals surface area (Å²) in [6.45, 7) is 5.53. The second-order valence-corrected chi connectivity index (χ2v) is 6.55. The first-order valence-electron chi connectivity index (χ1n) is 7.07. The summed E-state index contributed by atoms with van der Waals surface area (Å²) >= 11 is 0. The topological polar surface area (TPSA) is 71.1 Å². The first kappa shape index (κ1) is 16.8. The van der Waals surface area contributed by atoms with Gasteiger partial charge < -0.3 is 5.32 Å². The Hall–Kier alpha value is -2.60. The fraction of sp³-hybridized carbons (Fsp3) is 0.118. The smallest absolute Gasteiger partial charge is 0.250 e. The van der Waals surface area contributed by atoms with Crippen LogP contribution in [0, 0.1) is 0 Å². The van der Waals surface area contributed by atoms with Crippen molar-refractivity contribution >= 4 is 26.5 Å². The lowest BCUT2D eigenvalue weighted by Gasteiger charge is -2.11. The maximum atomic E-state index is 12.2. The van der Waals surface area contributed by atoms with Gasteiger partial charge in [0.1, 0.15) is 5.88 Å². The Morgan fingerprint density at radius 2 is 2.13 bits per heavy atom. The number of anilines is 1. The summed E-state index contributed by atoms with van der Waals surface area (Å²) in [5.41, 5.74) is 1.15. The van der Waals surface area contributed by atoms with Gasteiger partial charge in [-0.1, -0.05) is 24.8 Å². The highest BCUT2D eigenvalue weighted by Gasteiger charge is 2.10. The van der Waals surface area contributed by atoms with Crippen molar-refractivity contribution in [2.45, 2.75) is 6.92 Å². The molecule has 0 radical (unpaired) electrons. The molecule has 5 nitrogen and oxygen atoms in total. The first-order chi connectivity index (χ1) is 11.0. The molecular formula is C17H19N3O2S. The van der Waals surface area contributed by atoms with Gasteiger partial charge in [0.2, 0.25) is 0 Å². The number of sulfonamides is 1. The molecule has 1 aromatic heterocycles. The molecule has 6 heteroatoms. The van der Waals surface area contributed by atoms with Crippen molar-refractivity contribution in [3.8, 4) is 0 Å². The lowest BCUT2D eigenvalue weighted by Crippen LogP contribution is -2.27. The average molecular weight is 329 g/mol. The summed E-state index contributed by atoms with van der Waals surface area (Å²) < 4.78 is 26.9. The van der Waals surface area contributed by atoms with E-state index in [0.717, 1.165) is 10.8 Å². The van der Waals surface area contributed by atoms with E-state index in [1.165, 1.54) is 0 Å². The van der Waals surface area contributed by atoms with Gasteiger partial charge in [-0.05, 0) is 42.7 Å². The van der Waals surface area contributed by atoms with E-state index in [1.54, 1.807) is 42.8 Å². The number of fused-ring (bicyclic) bond motifs is 1. The minimum Gasteiger partial charge on any atom is -0.370 e. The molecule has 1 heterocycles. The molecule has 0 amide bonds. The van der Waals surface area contributed by atoms with Crippen molar-refractivity contribution in [1.29, 1.82) is 0 Å². The molecule has 23 heavy (non-hydrogen) atoms. The maximum Gasteiger partial charge on any atom is 0.250 e. The van der Waals surface area contributed by atoms with Gasteiger partial charge in [0.15, 0.2) is 0 Å². The molecule has 0 aliphatic carbocycles. The summed E-state index contributed by atoms with van der Waals surface area (Å²) in [6.07, 6.45) is 10.4. The third-order valence-electron chi connectivity index (χ3n) is 3.07. The van der Waals surface area contributed by atoms with Crippen molar-refractivity contribution in [3.63, 3.8) is 0 Å². The summed E-state index contributed by atoms with van der Waals surface area (Å²) in [6, 6.07) is 7.15. The number of rotatable bonds is 7. The molecule has 0 spiro atoms. The van der Waals surface area contributed by atoms with Gasteiger partial charge in [0, 0.05) is 29.2 Å². The van der Waals surface area contributed by atoms with Crippen LogP contribution >= 0.6 is 0 Å². The summed E-state index contributed by atoms with van der Waals surface area (Å²) in [4.78, 5) is 4.03. The van der Waals surface area contributed by atoms with Crippen molar-refractivity contribution < 1.29 is 8.42 Å². The van der Waals surface area contributed by atoms with E-state index in [0.29, 0.717) is 11.4 Å². The number of hydrogen-bond donors (Lipinski definition) is 2. The van der Waals surface area contributed by atoms with Crippen molar-refractivity contribution in [2.24, 2.45) is 0 Å². The van der Waals surface area contributed by atoms with E-state index < -0.39 is 10.0 Å². The molecule has 0 bridgehead atoms. The van der Waals surface area contributed by atoms with Crippen LogP contribution < -0.4 is 10.0 Å². The Morgan fingerprint density at radius 3 is 2.87 bits per heavy atom. The van der Waals surface area contributed by atoms with Crippen LogP contribution in [0.1, 0.15) is 6.92 Å². The number of nitrogens with zero attached hydrogens (tertiary/aromatic N) is 1. The number of allylic oxidation sites excluding steroid dienone is 4. The third-order valence-corrected chi connectivity index (χ3v) is 4.14. The van der Waals surface area contributed by atoms with Crippen LogP contribution in [0.15, 0.2) is 73.2 Å². The summed E-state index contributed by atoms with van der Waals surface area (Å²) in [7, 11) is -3.52. The second-order valence-electron chi connectivity index (χ2n) is 4.83. The van der Waals surface area contributed by atoms with Crippen molar-refractivity contribution in [3.05, 3.63) is 73.2 Å². The molecule has 0 atom stereocenters. The quantitative estimate of drug-likeness (QED) is 0.766. The van der Waals surface area contributed by atoms with Crippen LogP contribution in [-0.4, -0.2) is 19.3 Å². The molecule has 2 aromatic rings. The SMILES string of the molecule is C=C/C(=C\C=C/C)NCS(=O)(=O)Nc1ccc2cnccc2c1. The Balaban J connectivity index is 2.08. The van der Waals surface area contributed by atoms with Crippen LogP contribution in [-0.2, 0) is 10.0 Å². The maximum absolute atomic E-state index is 12.2.